The first-order valence-corrected chi connectivity index (χ1v) is 7.37. The number of halogens is 2. The van der Waals surface area contributed by atoms with Crippen LogP contribution in [-0.2, 0) is 0 Å². The minimum atomic E-state index is 0.0952. The zero-order valence-corrected chi connectivity index (χ0v) is 13.6. The van der Waals surface area contributed by atoms with Crippen LogP contribution in [0.3, 0.4) is 0 Å². The molecule has 2 rings (SSSR count). The minimum absolute atomic E-state index is 0.0952. The van der Waals surface area contributed by atoms with E-state index < -0.39 is 0 Å². The first-order chi connectivity index (χ1) is 8.56. The normalized spacial score (nSPS) is 11.0. The van der Waals surface area contributed by atoms with Crippen LogP contribution < -0.4 is 0 Å². The van der Waals surface area contributed by atoms with Crippen LogP contribution in [0.4, 0.5) is 0 Å². The Kier molecular flexibility index (Phi) is 4.50. The Hall–Kier alpha value is -0.760. The van der Waals surface area contributed by atoms with Gasteiger partial charge >= 0.3 is 0 Å². The van der Waals surface area contributed by atoms with Gasteiger partial charge in [0.2, 0.25) is 0 Å². The molecule has 18 heavy (non-hydrogen) atoms. The molecule has 2 aromatic rings. The van der Waals surface area contributed by atoms with Crippen LogP contribution >= 0.6 is 45.2 Å². The zero-order chi connectivity index (χ0) is 13.1. The lowest BCUT2D eigenvalue weighted by molar-refractivity contribution is 0.443. The standard InChI is InChI=1S/C14H10I2O2/c15-11-5-3-9(4-6-11)1-2-10-7-12(17)14(16)13(18)8-10/h1-8,17-18H/b2-1+. The quantitative estimate of drug-likeness (QED) is 0.509. The number of hydrogen-bond acceptors (Lipinski definition) is 2. The molecule has 0 fully saturated rings. The predicted molar refractivity (Wildman–Crippen MR) is 90.6 cm³/mol. The number of phenolic OH excluding ortho intramolecular Hbond substituents is 2. The number of rotatable bonds is 2. The fraction of sp³-hybridized carbons (Fsp3) is 0. The van der Waals surface area contributed by atoms with Gasteiger partial charge in [-0.15, -0.1) is 0 Å². The molecule has 0 radical (unpaired) electrons. The van der Waals surface area contributed by atoms with Crippen molar-refractivity contribution in [1.29, 1.82) is 0 Å². The van der Waals surface area contributed by atoms with E-state index in [9.17, 15) is 10.2 Å². The summed E-state index contributed by atoms with van der Waals surface area (Å²) in [6, 6.07) is 11.4. The minimum Gasteiger partial charge on any atom is -0.507 e. The molecule has 0 saturated heterocycles. The van der Waals surface area contributed by atoms with Gasteiger partial charge in [0.25, 0.3) is 0 Å². The molecule has 0 amide bonds. The van der Waals surface area contributed by atoms with Crippen LogP contribution in [0, 0.1) is 7.14 Å². The maximum atomic E-state index is 9.61. The van der Waals surface area contributed by atoms with Gasteiger partial charge in [0.1, 0.15) is 11.5 Å². The molecule has 0 aromatic heterocycles. The maximum Gasteiger partial charge on any atom is 0.133 e. The van der Waals surface area contributed by atoms with E-state index in [1.165, 1.54) is 3.57 Å². The van der Waals surface area contributed by atoms with E-state index in [2.05, 4.69) is 22.6 Å². The van der Waals surface area contributed by atoms with Crippen molar-refractivity contribution in [2.75, 3.05) is 0 Å². The fourth-order valence-corrected chi connectivity index (χ4v) is 2.15. The van der Waals surface area contributed by atoms with Gasteiger partial charge in [-0.2, -0.15) is 0 Å². The Morgan fingerprint density at radius 3 is 1.83 bits per heavy atom. The van der Waals surface area contributed by atoms with Gasteiger partial charge in [0.05, 0.1) is 3.57 Å². The molecule has 0 spiro atoms. The Morgan fingerprint density at radius 1 is 0.778 bits per heavy atom. The summed E-state index contributed by atoms with van der Waals surface area (Å²) in [5.74, 6) is 0.190. The third kappa shape index (κ3) is 3.38. The number of aromatic hydroxyl groups is 2. The monoisotopic (exact) mass is 464 g/mol. The highest BCUT2D eigenvalue weighted by Gasteiger charge is 2.04. The van der Waals surface area contributed by atoms with Crippen LogP contribution in [0.5, 0.6) is 11.5 Å². The molecule has 2 aromatic carbocycles. The molecule has 92 valence electrons. The van der Waals surface area contributed by atoms with Gasteiger partial charge in [-0.1, -0.05) is 24.3 Å². The lowest BCUT2D eigenvalue weighted by atomic mass is 10.1. The van der Waals surface area contributed by atoms with Gasteiger partial charge in [0, 0.05) is 3.57 Å². The first-order valence-electron chi connectivity index (χ1n) is 5.21. The third-order valence-electron chi connectivity index (χ3n) is 2.39. The second-order valence-electron chi connectivity index (χ2n) is 3.76. The molecule has 2 nitrogen and oxygen atoms in total. The summed E-state index contributed by atoms with van der Waals surface area (Å²) in [7, 11) is 0. The lowest BCUT2D eigenvalue weighted by Crippen LogP contribution is -1.79. The fourth-order valence-electron chi connectivity index (χ4n) is 1.48. The SMILES string of the molecule is Oc1cc(/C=C/c2ccc(I)cc2)cc(O)c1I. The summed E-state index contributed by atoms with van der Waals surface area (Å²) >= 11 is 4.16. The van der Waals surface area contributed by atoms with E-state index in [0.29, 0.717) is 3.57 Å². The average Bonchev–Trinajstić information content (AvgIpc) is 2.35. The molecule has 2 N–H and O–H groups in total. The highest BCUT2D eigenvalue weighted by atomic mass is 127. The van der Waals surface area contributed by atoms with Gasteiger partial charge < -0.3 is 10.2 Å². The molecular formula is C14H10I2O2. The van der Waals surface area contributed by atoms with Crippen molar-refractivity contribution < 1.29 is 10.2 Å². The maximum absolute atomic E-state index is 9.61. The van der Waals surface area contributed by atoms with Crippen molar-refractivity contribution >= 4 is 57.3 Å². The summed E-state index contributed by atoms with van der Waals surface area (Å²) in [6.45, 7) is 0. The van der Waals surface area contributed by atoms with Gasteiger partial charge in [-0.05, 0) is 80.6 Å². The van der Waals surface area contributed by atoms with E-state index in [4.69, 9.17) is 0 Å². The van der Waals surface area contributed by atoms with Crippen LogP contribution in [-0.4, -0.2) is 10.2 Å². The van der Waals surface area contributed by atoms with E-state index in [-0.39, 0.29) is 11.5 Å². The van der Waals surface area contributed by atoms with Crippen LogP contribution in [0.25, 0.3) is 12.2 Å². The van der Waals surface area contributed by atoms with Crippen LogP contribution in [0.2, 0.25) is 0 Å². The topological polar surface area (TPSA) is 40.5 Å². The zero-order valence-electron chi connectivity index (χ0n) is 9.27. The lowest BCUT2D eigenvalue weighted by Gasteiger charge is -2.02. The molecule has 0 atom stereocenters. The summed E-state index contributed by atoms with van der Waals surface area (Å²) in [4.78, 5) is 0. The van der Waals surface area contributed by atoms with Crippen molar-refractivity contribution in [3.63, 3.8) is 0 Å². The molecule has 4 heteroatoms. The molecule has 0 heterocycles. The summed E-state index contributed by atoms with van der Waals surface area (Å²) in [5.41, 5.74) is 1.84. The Labute approximate surface area is 133 Å². The Morgan fingerprint density at radius 2 is 1.28 bits per heavy atom. The smallest absolute Gasteiger partial charge is 0.133 e. The molecule has 0 bridgehead atoms. The van der Waals surface area contributed by atoms with Crippen molar-refractivity contribution in [3.05, 3.63) is 54.7 Å². The van der Waals surface area contributed by atoms with E-state index >= 15 is 0 Å². The summed E-state index contributed by atoms with van der Waals surface area (Å²) in [5, 5.41) is 19.2. The number of hydrogen-bond donors (Lipinski definition) is 2. The van der Waals surface area contributed by atoms with E-state index in [1.54, 1.807) is 12.1 Å². The second kappa shape index (κ2) is 5.92. The number of phenols is 2. The highest BCUT2D eigenvalue weighted by Crippen LogP contribution is 2.30. The van der Waals surface area contributed by atoms with Gasteiger partial charge in [-0.3, -0.25) is 0 Å². The number of benzene rings is 2. The van der Waals surface area contributed by atoms with Gasteiger partial charge in [-0.25, -0.2) is 0 Å². The average molecular weight is 464 g/mol. The molecule has 0 unspecified atom stereocenters. The molecule has 0 aliphatic heterocycles. The molecule has 0 saturated carbocycles. The van der Waals surface area contributed by atoms with Crippen LogP contribution in [0.1, 0.15) is 11.1 Å². The van der Waals surface area contributed by atoms with Crippen molar-refractivity contribution in [2.45, 2.75) is 0 Å². The Balaban J connectivity index is 2.26. The Bertz CT molecular complexity index is 566. The third-order valence-corrected chi connectivity index (χ3v) is 4.22. The van der Waals surface area contributed by atoms with Crippen molar-refractivity contribution in [2.24, 2.45) is 0 Å². The van der Waals surface area contributed by atoms with E-state index in [1.807, 2.05) is 59.0 Å². The molecule has 0 aliphatic rings. The molecule has 0 aliphatic carbocycles. The van der Waals surface area contributed by atoms with Crippen molar-refractivity contribution in [3.8, 4) is 11.5 Å². The highest BCUT2D eigenvalue weighted by molar-refractivity contribution is 14.1. The predicted octanol–water partition coefficient (Wildman–Crippen LogP) is 4.48. The second-order valence-corrected chi connectivity index (χ2v) is 6.08. The van der Waals surface area contributed by atoms with Crippen molar-refractivity contribution in [1.82, 2.24) is 0 Å². The van der Waals surface area contributed by atoms with Gasteiger partial charge in [0.15, 0.2) is 0 Å². The summed E-state index contributed by atoms with van der Waals surface area (Å²) in [6.07, 6.45) is 3.80. The van der Waals surface area contributed by atoms with E-state index in [0.717, 1.165) is 11.1 Å². The van der Waals surface area contributed by atoms with Crippen LogP contribution in [0.15, 0.2) is 36.4 Å². The largest absolute Gasteiger partial charge is 0.507 e. The molecular weight excluding hydrogens is 454 g/mol. The summed E-state index contributed by atoms with van der Waals surface area (Å²) < 4.78 is 1.66. The first kappa shape index (κ1) is 13.7.